The van der Waals surface area contributed by atoms with Crippen LogP contribution in [0.5, 0.6) is 0 Å². The van der Waals surface area contributed by atoms with Gasteiger partial charge in [0.15, 0.2) is 6.29 Å². The highest BCUT2D eigenvalue weighted by Gasteiger charge is 2.32. The van der Waals surface area contributed by atoms with Crippen molar-refractivity contribution < 1.29 is 14.0 Å². The van der Waals surface area contributed by atoms with Gasteiger partial charge in [-0.1, -0.05) is 19.1 Å². The van der Waals surface area contributed by atoms with Crippen molar-refractivity contribution in [3.63, 3.8) is 0 Å². The Kier molecular flexibility index (Phi) is 5.41. The molecule has 1 saturated heterocycles. The summed E-state index contributed by atoms with van der Waals surface area (Å²) in [6, 6.07) is 7.15. The fourth-order valence-electron chi connectivity index (χ4n) is 2.81. The summed E-state index contributed by atoms with van der Waals surface area (Å²) in [7, 11) is 0. The minimum Gasteiger partial charge on any atom is -0.334 e. The van der Waals surface area contributed by atoms with Gasteiger partial charge in [0, 0.05) is 18.7 Å². The molecule has 8 nitrogen and oxygen atoms in total. The first-order valence-electron chi connectivity index (χ1n) is 8.75. The summed E-state index contributed by atoms with van der Waals surface area (Å²) in [6.07, 6.45) is -0.551. The van der Waals surface area contributed by atoms with Gasteiger partial charge in [-0.05, 0) is 31.5 Å². The van der Waals surface area contributed by atoms with Gasteiger partial charge < -0.3 is 10.6 Å². The first-order valence-corrected chi connectivity index (χ1v) is 8.75. The van der Waals surface area contributed by atoms with Crippen LogP contribution in [0.15, 0.2) is 30.3 Å². The van der Waals surface area contributed by atoms with Crippen molar-refractivity contribution >= 4 is 17.8 Å². The number of halogens is 1. The molecule has 3 rings (SSSR count). The Hall–Kier alpha value is -2.94. The van der Waals surface area contributed by atoms with E-state index in [9.17, 15) is 14.0 Å². The second kappa shape index (κ2) is 7.75. The second-order valence-corrected chi connectivity index (χ2v) is 6.70. The zero-order valence-electron chi connectivity index (χ0n) is 15.4. The highest BCUT2D eigenvalue weighted by Crippen LogP contribution is 2.19. The average Bonchev–Trinajstić information content (AvgIpc) is 2.99. The third-order valence-electron chi connectivity index (χ3n) is 4.57. The second-order valence-electron chi connectivity index (χ2n) is 6.70. The van der Waals surface area contributed by atoms with Crippen molar-refractivity contribution in [2.24, 2.45) is 5.92 Å². The number of rotatable bonds is 4. The van der Waals surface area contributed by atoms with Gasteiger partial charge in [0.25, 0.3) is 0 Å². The fourth-order valence-corrected chi connectivity index (χ4v) is 2.81. The van der Waals surface area contributed by atoms with Gasteiger partial charge in [0.05, 0.1) is 11.6 Å². The normalized spacial score (nSPS) is 22.2. The average molecular weight is 374 g/mol. The van der Waals surface area contributed by atoms with Crippen molar-refractivity contribution in [3.05, 3.63) is 47.4 Å². The lowest BCUT2D eigenvalue weighted by Gasteiger charge is -2.34. The molecule has 3 atom stereocenters. The summed E-state index contributed by atoms with van der Waals surface area (Å²) in [6.45, 7) is 5.83. The number of nitrogens with zero attached hydrogens (tertiary/aromatic N) is 2. The maximum atomic E-state index is 12.9. The largest absolute Gasteiger partial charge is 0.334 e. The zero-order chi connectivity index (χ0) is 19.6. The molecule has 0 bridgehead atoms. The van der Waals surface area contributed by atoms with Gasteiger partial charge in [0.2, 0.25) is 5.91 Å². The minimum atomic E-state index is -0.551. The van der Waals surface area contributed by atoms with Crippen molar-refractivity contribution in [1.29, 1.82) is 0 Å². The number of benzene rings is 1. The standard InChI is InChI=1S/C18H23FN6O2/c1-10-8-15(22-18(27)20-9-13-4-6-14(19)7-5-13)25(24-10)17-21-12(3)11(2)16(26)23-17/h4-8,11-12,17,21H,9H2,1-3H3,(H,23,26)(H2,20,22,27). The Morgan fingerprint density at radius 1 is 1.30 bits per heavy atom. The van der Waals surface area contributed by atoms with E-state index in [2.05, 4.69) is 26.4 Å². The van der Waals surface area contributed by atoms with Gasteiger partial charge in [-0.2, -0.15) is 5.10 Å². The molecule has 1 aliphatic rings. The maximum absolute atomic E-state index is 12.9. The quantitative estimate of drug-likeness (QED) is 0.656. The van der Waals surface area contributed by atoms with E-state index < -0.39 is 12.3 Å². The number of urea groups is 1. The van der Waals surface area contributed by atoms with Crippen LogP contribution in [0.3, 0.4) is 0 Å². The summed E-state index contributed by atoms with van der Waals surface area (Å²) in [5, 5.41) is 15.9. The number of hydrogen-bond donors (Lipinski definition) is 4. The smallest absolute Gasteiger partial charge is 0.320 e. The third-order valence-corrected chi connectivity index (χ3v) is 4.57. The van der Waals surface area contributed by atoms with E-state index >= 15 is 0 Å². The molecule has 0 radical (unpaired) electrons. The van der Waals surface area contributed by atoms with E-state index in [0.29, 0.717) is 11.5 Å². The number of aromatic nitrogens is 2. The Morgan fingerprint density at radius 3 is 2.67 bits per heavy atom. The molecule has 1 fully saturated rings. The van der Waals surface area contributed by atoms with Crippen molar-refractivity contribution in [1.82, 2.24) is 25.7 Å². The molecular formula is C18H23FN6O2. The fraction of sp³-hybridized carbons (Fsp3) is 0.389. The molecule has 0 aliphatic carbocycles. The van der Waals surface area contributed by atoms with Gasteiger partial charge in [-0.3, -0.25) is 15.4 Å². The van der Waals surface area contributed by atoms with E-state index in [1.54, 1.807) is 25.1 Å². The van der Waals surface area contributed by atoms with Crippen molar-refractivity contribution in [2.45, 2.75) is 39.6 Å². The minimum absolute atomic E-state index is 0.0339. The highest BCUT2D eigenvalue weighted by atomic mass is 19.1. The first-order chi connectivity index (χ1) is 12.8. The molecule has 0 saturated carbocycles. The van der Waals surface area contributed by atoms with Crippen molar-refractivity contribution in [3.8, 4) is 0 Å². The lowest BCUT2D eigenvalue weighted by molar-refractivity contribution is -0.130. The number of aryl methyl sites for hydroxylation is 1. The topological polar surface area (TPSA) is 100 Å². The van der Waals surface area contributed by atoms with E-state index in [4.69, 9.17) is 0 Å². The SMILES string of the molecule is Cc1cc(NC(=O)NCc2ccc(F)cc2)n(C2NC(=O)C(C)C(C)N2)n1. The molecule has 2 heterocycles. The van der Waals surface area contributed by atoms with Gasteiger partial charge in [-0.15, -0.1) is 0 Å². The molecule has 4 N–H and O–H groups in total. The summed E-state index contributed by atoms with van der Waals surface area (Å²) in [5.74, 6) is -0.115. The molecule has 1 aromatic heterocycles. The predicted octanol–water partition coefficient (Wildman–Crippen LogP) is 1.85. The van der Waals surface area contributed by atoms with Crippen LogP contribution in [0.25, 0.3) is 0 Å². The number of hydrogen-bond acceptors (Lipinski definition) is 4. The lowest BCUT2D eigenvalue weighted by Crippen LogP contribution is -2.57. The Bertz CT molecular complexity index is 835. The van der Waals surface area contributed by atoms with Crippen LogP contribution in [0.4, 0.5) is 15.0 Å². The molecule has 9 heteroatoms. The van der Waals surface area contributed by atoms with Crippen LogP contribution in [0.1, 0.15) is 31.4 Å². The van der Waals surface area contributed by atoms with Crippen LogP contribution < -0.4 is 21.3 Å². The molecule has 1 aliphatic heterocycles. The highest BCUT2D eigenvalue weighted by molar-refractivity contribution is 5.88. The van der Waals surface area contributed by atoms with Crippen LogP contribution >= 0.6 is 0 Å². The molecule has 2 aromatic rings. The number of carbonyl (C=O) groups is 2. The Labute approximate surface area is 156 Å². The molecule has 3 amide bonds. The summed E-state index contributed by atoms with van der Waals surface area (Å²) in [4.78, 5) is 24.3. The van der Waals surface area contributed by atoms with Crippen LogP contribution in [0, 0.1) is 18.7 Å². The number of carbonyl (C=O) groups excluding carboxylic acids is 2. The van der Waals surface area contributed by atoms with Crippen LogP contribution in [-0.2, 0) is 11.3 Å². The van der Waals surface area contributed by atoms with E-state index in [-0.39, 0.29) is 30.2 Å². The lowest BCUT2D eigenvalue weighted by atomic mass is 10.0. The molecule has 144 valence electrons. The van der Waals surface area contributed by atoms with Gasteiger partial charge in [0.1, 0.15) is 11.6 Å². The number of amides is 3. The Balaban J connectivity index is 1.66. The monoisotopic (exact) mass is 374 g/mol. The number of nitrogens with one attached hydrogen (secondary N) is 4. The summed E-state index contributed by atoms with van der Waals surface area (Å²) >= 11 is 0. The van der Waals surface area contributed by atoms with E-state index in [1.807, 2.05) is 13.8 Å². The molecule has 27 heavy (non-hydrogen) atoms. The van der Waals surface area contributed by atoms with Crippen molar-refractivity contribution in [2.75, 3.05) is 5.32 Å². The maximum Gasteiger partial charge on any atom is 0.320 e. The molecular weight excluding hydrogens is 351 g/mol. The molecule has 1 aromatic carbocycles. The van der Waals surface area contributed by atoms with E-state index in [0.717, 1.165) is 5.56 Å². The van der Waals surface area contributed by atoms with E-state index in [1.165, 1.54) is 16.8 Å². The Morgan fingerprint density at radius 2 is 2.00 bits per heavy atom. The zero-order valence-corrected chi connectivity index (χ0v) is 15.4. The van der Waals surface area contributed by atoms with Crippen LogP contribution in [0.2, 0.25) is 0 Å². The van der Waals surface area contributed by atoms with Gasteiger partial charge in [-0.25, -0.2) is 13.9 Å². The summed E-state index contributed by atoms with van der Waals surface area (Å²) in [5.41, 5.74) is 1.48. The molecule has 3 unspecified atom stereocenters. The predicted molar refractivity (Wildman–Crippen MR) is 98.2 cm³/mol. The number of anilines is 1. The third kappa shape index (κ3) is 4.43. The first kappa shape index (κ1) is 18.8. The van der Waals surface area contributed by atoms with Crippen LogP contribution in [-0.4, -0.2) is 27.8 Å². The molecule has 0 spiro atoms. The summed E-state index contributed by atoms with van der Waals surface area (Å²) < 4.78 is 14.5. The van der Waals surface area contributed by atoms with Gasteiger partial charge >= 0.3 is 6.03 Å².